The highest BCUT2D eigenvalue weighted by Gasteiger charge is 2.27. The van der Waals surface area contributed by atoms with E-state index in [0.717, 1.165) is 10.9 Å². The maximum Gasteiger partial charge on any atom is 0.256 e. The molecular weight excluding hydrogens is 432 g/mol. The van der Waals surface area contributed by atoms with E-state index in [0.29, 0.717) is 29.8 Å². The van der Waals surface area contributed by atoms with Gasteiger partial charge in [0.05, 0.1) is 29.4 Å². The van der Waals surface area contributed by atoms with E-state index in [9.17, 15) is 18.0 Å². The second kappa shape index (κ2) is 7.90. The average Bonchev–Trinajstić information content (AvgIpc) is 3.28. The number of hydrogen-bond acceptors (Lipinski definition) is 5. The van der Waals surface area contributed by atoms with Crippen molar-refractivity contribution in [3.05, 3.63) is 70.6 Å². The number of nitrogens with zero attached hydrogens (tertiary/aromatic N) is 1. The summed E-state index contributed by atoms with van der Waals surface area (Å²) in [5, 5.41) is 4.01. The zero-order chi connectivity index (χ0) is 22.3. The van der Waals surface area contributed by atoms with Gasteiger partial charge < -0.3 is 20.0 Å². The Kier molecular flexibility index (Phi) is 5.04. The van der Waals surface area contributed by atoms with E-state index in [-0.39, 0.29) is 23.5 Å². The van der Waals surface area contributed by atoms with Crippen LogP contribution in [0.15, 0.2) is 64.4 Å². The third kappa shape index (κ3) is 3.58. The maximum atomic E-state index is 13.2. The summed E-state index contributed by atoms with van der Waals surface area (Å²) < 4.78 is 32.8. The van der Waals surface area contributed by atoms with Gasteiger partial charge in [-0.25, -0.2) is 8.42 Å². The Morgan fingerprint density at radius 1 is 1.00 bits per heavy atom. The summed E-state index contributed by atoms with van der Waals surface area (Å²) in [6, 6.07) is 12.8. The van der Waals surface area contributed by atoms with Crippen molar-refractivity contribution in [2.75, 3.05) is 31.6 Å². The Balaban J connectivity index is 1.58. The van der Waals surface area contributed by atoms with Crippen molar-refractivity contribution in [1.82, 2.24) is 14.3 Å². The first-order valence-electron chi connectivity index (χ1n) is 10.1. The van der Waals surface area contributed by atoms with Crippen LogP contribution in [0.4, 0.5) is 5.69 Å². The largest absolute Gasteiger partial charge is 0.379 e. The average molecular weight is 452 g/mol. The SMILES string of the molecule is O=C(Nc1cccc2[nH]ccc12)c1cc(=O)[nH]c2ccc(S(=O)(=O)N3CCOCC3)cc12. The minimum atomic E-state index is -3.76. The standard InChI is InChI=1S/C22H20N4O5S/c27-21-13-17(22(28)25-19-3-1-2-18-15(19)6-7-23-18)16-12-14(4-5-20(16)24-21)32(29,30)26-8-10-31-11-9-26/h1-7,12-13,23H,8-11H2,(H,24,27)(H,25,28). The predicted molar refractivity (Wildman–Crippen MR) is 120 cm³/mol. The van der Waals surface area contributed by atoms with Crippen molar-refractivity contribution in [2.24, 2.45) is 0 Å². The van der Waals surface area contributed by atoms with Gasteiger partial charge in [0, 0.05) is 47.2 Å². The molecule has 1 aliphatic rings. The Labute approximate surface area is 183 Å². The van der Waals surface area contributed by atoms with Crippen LogP contribution in [-0.2, 0) is 14.8 Å². The van der Waals surface area contributed by atoms with E-state index in [1.807, 2.05) is 12.1 Å². The highest BCUT2D eigenvalue weighted by molar-refractivity contribution is 7.89. The van der Waals surface area contributed by atoms with E-state index in [2.05, 4.69) is 15.3 Å². The molecule has 2 aromatic carbocycles. The number of sulfonamides is 1. The number of pyridine rings is 1. The number of morpholine rings is 1. The Bertz CT molecular complexity index is 1500. The monoisotopic (exact) mass is 452 g/mol. The van der Waals surface area contributed by atoms with Crippen LogP contribution >= 0.6 is 0 Å². The number of hydrogen-bond donors (Lipinski definition) is 3. The molecule has 4 aromatic rings. The number of ether oxygens (including phenoxy) is 1. The predicted octanol–water partition coefficient (Wildman–Crippen LogP) is 2.28. The molecule has 1 fully saturated rings. The Morgan fingerprint density at radius 2 is 1.81 bits per heavy atom. The highest BCUT2D eigenvalue weighted by atomic mass is 32.2. The Hall–Kier alpha value is -3.47. The maximum absolute atomic E-state index is 13.2. The van der Waals surface area contributed by atoms with Gasteiger partial charge in [-0.05, 0) is 36.4 Å². The normalized spacial score (nSPS) is 15.2. The lowest BCUT2D eigenvalue weighted by atomic mass is 10.1. The second-order valence-electron chi connectivity index (χ2n) is 7.47. The molecule has 1 aliphatic heterocycles. The topological polar surface area (TPSA) is 124 Å². The van der Waals surface area contributed by atoms with Gasteiger partial charge in [0.1, 0.15) is 0 Å². The lowest BCUT2D eigenvalue weighted by molar-refractivity contribution is 0.0730. The number of aromatic amines is 2. The third-order valence-corrected chi connectivity index (χ3v) is 7.40. The first-order valence-corrected chi connectivity index (χ1v) is 11.5. The van der Waals surface area contributed by atoms with Crippen LogP contribution in [0.5, 0.6) is 0 Å². The van der Waals surface area contributed by atoms with E-state index in [4.69, 9.17) is 4.74 Å². The molecule has 0 aliphatic carbocycles. The summed E-state index contributed by atoms with van der Waals surface area (Å²) >= 11 is 0. The van der Waals surface area contributed by atoms with Crippen molar-refractivity contribution < 1.29 is 17.9 Å². The zero-order valence-corrected chi connectivity index (χ0v) is 17.7. The van der Waals surface area contributed by atoms with E-state index in [1.165, 1.54) is 28.6 Å². The quantitative estimate of drug-likeness (QED) is 0.438. The number of carbonyl (C=O) groups is 1. The second-order valence-corrected chi connectivity index (χ2v) is 9.41. The minimum Gasteiger partial charge on any atom is -0.379 e. The molecule has 0 spiro atoms. The highest BCUT2D eigenvalue weighted by Crippen LogP contribution is 2.26. The lowest BCUT2D eigenvalue weighted by Gasteiger charge is -2.26. The molecule has 3 heterocycles. The molecule has 2 aromatic heterocycles. The third-order valence-electron chi connectivity index (χ3n) is 5.51. The van der Waals surface area contributed by atoms with Crippen LogP contribution in [0.25, 0.3) is 21.8 Å². The van der Waals surface area contributed by atoms with Crippen molar-refractivity contribution in [2.45, 2.75) is 4.90 Å². The number of carbonyl (C=O) groups excluding carboxylic acids is 1. The van der Waals surface area contributed by atoms with Gasteiger partial charge in [0.25, 0.3) is 5.91 Å². The summed E-state index contributed by atoms with van der Waals surface area (Å²) in [6.45, 7) is 1.19. The fourth-order valence-electron chi connectivity index (χ4n) is 3.90. The molecule has 3 N–H and O–H groups in total. The van der Waals surface area contributed by atoms with E-state index >= 15 is 0 Å². The molecule has 5 rings (SSSR count). The smallest absolute Gasteiger partial charge is 0.256 e. The molecule has 9 nitrogen and oxygen atoms in total. The number of aromatic nitrogens is 2. The summed E-state index contributed by atoms with van der Waals surface area (Å²) in [7, 11) is -3.76. The first-order chi connectivity index (χ1) is 15.4. The van der Waals surface area contributed by atoms with Crippen LogP contribution in [0.1, 0.15) is 10.4 Å². The molecule has 164 valence electrons. The molecule has 32 heavy (non-hydrogen) atoms. The molecule has 1 saturated heterocycles. The van der Waals surface area contributed by atoms with Gasteiger partial charge in [0.15, 0.2) is 0 Å². The number of fused-ring (bicyclic) bond motifs is 2. The molecular formula is C22H20N4O5S. The van der Waals surface area contributed by atoms with Crippen LogP contribution in [0.3, 0.4) is 0 Å². The number of amides is 1. The molecule has 0 unspecified atom stereocenters. The summed E-state index contributed by atoms with van der Waals surface area (Å²) in [5.74, 6) is -0.504. The van der Waals surface area contributed by atoms with Crippen LogP contribution < -0.4 is 10.9 Å². The minimum absolute atomic E-state index is 0.0562. The molecule has 1 amide bonds. The molecule has 0 bridgehead atoms. The van der Waals surface area contributed by atoms with Gasteiger partial charge in [-0.2, -0.15) is 4.31 Å². The van der Waals surface area contributed by atoms with Crippen molar-refractivity contribution in [3.63, 3.8) is 0 Å². The first kappa shape index (κ1) is 20.4. The van der Waals surface area contributed by atoms with Crippen molar-refractivity contribution >= 4 is 43.4 Å². The van der Waals surface area contributed by atoms with Crippen LogP contribution in [0.2, 0.25) is 0 Å². The molecule has 0 atom stereocenters. The van der Waals surface area contributed by atoms with Crippen LogP contribution in [0, 0.1) is 0 Å². The molecule has 0 saturated carbocycles. The van der Waals surface area contributed by atoms with Gasteiger partial charge in [-0.3, -0.25) is 9.59 Å². The zero-order valence-electron chi connectivity index (χ0n) is 16.9. The fourth-order valence-corrected chi connectivity index (χ4v) is 5.34. The summed E-state index contributed by atoms with van der Waals surface area (Å²) in [6.07, 6.45) is 1.77. The van der Waals surface area contributed by atoms with Gasteiger partial charge in [0.2, 0.25) is 15.6 Å². The van der Waals surface area contributed by atoms with Crippen molar-refractivity contribution in [1.29, 1.82) is 0 Å². The van der Waals surface area contributed by atoms with E-state index in [1.54, 1.807) is 18.3 Å². The van der Waals surface area contributed by atoms with Crippen LogP contribution in [-0.4, -0.2) is 54.9 Å². The van der Waals surface area contributed by atoms with Gasteiger partial charge in [-0.15, -0.1) is 0 Å². The van der Waals surface area contributed by atoms with Crippen molar-refractivity contribution in [3.8, 4) is 0 Å². The van der Waals surface area contributed by atoms with E-state index < -0.39 is 21.5 Å². The molecule has 0 radical (unpaired) electrons. The number of rotatable bonds is 4. The van der Waals surface area contributed by atoms with Gasteiger partial charge >= 0.3 is 0 Å². The number of anilines is 1. The number of H-pyrrole nitrogens is 2. The molecule has 10 heteroatoms. The lowest BCUT2D eigenvalue weighted by Crippen LogP contribution is -2.40. The summed E-state index contributed by atoms with van der Waals surface area (Å²) in [5.41, 5.74) is 1.46. The fraction of sp³-hybridized carbons (Fsp3) is 0.182. The van der Waals surface area contributed by atoms with Gasteiger partial charge in [-0.1, -0.05) is 6.07 Å². The summed E-state index contributed by atoms with van der Waals surface area (Å²) in [4.78, 5) is 31.1. The number of nitrogens with one attached hydrogen (secondary N) is 3. The number of benzene rings is 2. The Morgan fingerprint density at radius 3 is 2.62 bits per heavy atom.